The molecule has 0 fully saturated rings. The molecule has 320 valence electrons. The van der Waals surface area contributed by atoms with Crippen molar-refractivity contribution in [2.45, 2.75) is 63.9 Å². The number of hydrogen-bond donors (Lipinski definition) is 0. The molecular weight excluding hydrogens is 789 g/mol. The molecule has 0 spiro atoms. The number of carbonyl (C=O) groups excluding carboxylic acids is 6. The summed E-state index contributed by atoms with van der Waals surface area (Å²) in [5, 5.41) is 0. The molecule has 0 amide bonds. The molecule has 0 saturated heterocycles. The summed E-state index contributed by atoms with van der Waals surface area (Å²) in [6.45, 7) is -0.699. The maximum Gasteiger partial charge on any atom is 0.330 e. The fraction of sp³-hybridized carbons (Fsp3) is 0.333. The molecule has 0 aliphatic heterocycles. The van der Waals surface area contributed by atoms with Crippen LogP contribution in [-0.4, -0.2) is 75.0 Å². The largest absolute Gasteiger partial charge is 0.463 e. The number of halogens is 3. The quantitative estimate of drug-likeness (QED) is 0.0337. The van der Waals surface area contributed by atoms with Gasteiger partial charge in [-0.2, -0.15) is 0 Å². The molecule has 0 radical (unpaired) electrons. The lowest BCUT2D eigenvalue weighted by Gasteiger charge is -2.18. The van der Waals surface area contributed by atoms with E-state index in [0.717, 1.165) is 0 Å². The first-order chi connectivity index (χ1) is 28.9. The van der Waals surface area contributed by atoms with Crippen molar-refractivity contribution in [3.8, 4) is 0 Å². The lowest BCUT2D eigenvalue weighted by Crippen LogP contribution is -2.31. The van der Waals surface area contributed by atoms with Crippen LogP contribution in [0.3, 0.4) is 0 Å². The Morgan fingerprint density at radius 2 is 0.717 bits per heavy atom. The van der Waals surface area contributed by atoms with Gasteiger partial charge in [0.05, 0.1) is 19.8 Å². The van der Waals surface area contributed by atoms with E-state index in [1.807, 2.05) is 0 Å². The van der Waals surface area contributed by atoms with Gasteiger partial charge in [-0.25, -0.2) is 27.6 Å². The number of hydrogen-bond acceptors (Lipinski definition) is 12. The third-order valence-corrected chi connectivity index (χ3v) is 8.06. The molecule has 0 unspecified atom stereocenters. The van der Waals surface area contributed by atoms with Crippen molar-refractivity contribution in [1.82, 2.24) is 0 Å². The molecule has 0 aliphatic rings. The van der Waals surface area contributed by atoms with Gasteiger partial charge in [0, 0.05) is 37.5 Å². The Morgan fingerprint density at radius 3 is 1.03 bits per heavy atom. The fourth-order valence-corrected chi connectivity index (χ4v) is 4.87. The minimum Gasteiger partial charge on any atom is -0.463 e. The highest BCUT2D eigenvalue weighted by molar-refractivity contribution is 5.88. The van der Waals surface area contributed by atoms with Crippen LogP contribution in [0.1, 0.15) is 74.5 Å². The molecule has 3 aromatic carbocycles. The van der Waals surface area contributed by atoms with Crippen LogP contribution in [0.25, 0.3) is 18.2 Å². The van der Waals surface area contributed by atoms with Crippen LogP contribution >= 0.6 is 0 Å². The summed E-state index contributed by atoms with van der Waals surface area (Å²) in [5.74, 6) is -4.93. The number of esters is 6. The monoisotopic (exact) mass is 836 g/mol. The van der Waals surface area contributed by atoms with Gasteiger partial charge in [0.1, 0.15) is 30.7 Å². The van der Waals surface area contributed by atoms with Crippen LogP contribution < -0.4 is 0 Å². The van der Waals surface area contributed by atoms with Gasteiger partial charge < -0.3 is 28.4 Å². The summed E-state index contributed by atoms with van der Waals surface area (Å²) in [6, 6.07) is 16.6. The van der Waals surface area contributed by atoms with E-state index >= 15 is 0 Å². The molecule has 15 heteroatoms. The predicted molar refractivity (Wildman–Crippen MR) is 213 cm³/mol. The molecule has 3 rings (SSSR count). The van der Waals surface area contributed by atoms with Crippen LogP contribution in [0.15, 0.2) is 91.0 Å². The molecule has 60 heavy (non-hydrogen) atoms. The van der Waals surface area contributed by atoms with E-state index in [1.165, 1.54) is 109 Å². The highest BCUT2D eigenvalue weighted by atomic mass is 19.1. The lowest BCUT2D eigenvalue weighted by molar-refractivity contribution is -0.167. The second kappa shape index (κ2) is 28.0. The third kappa shape index (κ3) is 22.4. The first-order valence-corrected chi connectivity index (χ1v) is 19.3. The smallest absolute Gasteiger partial charge is 0.330 e. The standard InChI is InChI=1S/C45H47F3O12/c46-36-19-10-33(11-20-36)16-25-42(51)55-28-4-1-7-40(49)58-31-39(60-45(54)9-3-6-30-57-44(53)27-18-35-14-23-38(48)24-15-35)32-59-41(50)8-2-5-29-56-43(52)26-17-34-12-21-37(47)22-13-34/h10-27,39H,1-9,28-32H2. The van der Waals surface area contributed by atoms with E-state index in [4.69, 9.17) is 28.4 Å². The van der Waals surface area contributed by atoms with Crippen LogP contribution in [0.5, 0.6) is 0 Å². The zero-order chi connectivity index (χ0) is 43.4. The minimum atomic E-state index is -1.12. The van der Waals surface area contributed by atoms with Crippen LogP contribution in [0, 0.1) is 17.5 Å². The molecule has 0 N–H and O–H groups in total. The second-order valence-electron chi connectivity index (χ2n) is 13.0. The summed E-state index contributed by atoms with van der Waals surface area (Å²) >= 11 is 0. The van der Waals surface area contributed by atoms with E-state index in [0.29, 0.717) is 55.2 Å². The molecule has 0 heterocycles. The lowest BCUT2D eigenvalue weighted by atomic mass is 10.2. The van der Waals surface area contributed by atoms with Gasteiger partial charge in [0.15, 0.2) is 6.10 Å². The summed E-state index contributed by atoms with van der Waals surface area (Å²) in [6.07, 6.45) is 8.76. The number of carbonyl (C=O) groups is 6. The first kappa shape index (κ1) is 47.9. The normalized spacial score (nSPS) is 11.7. The average molecular weight is 837 g/mol. The minimum absolute atomic E-state index is 0.0241. The van der Waals surface area contributed by atoms with E-state index in [2.05, 4.69) is 0 Å². The van der Waals surface area contributed by atoms with Crippen molar-refractivity contribution in [3.63, 3.8) is 0 Å². The predicted octanol–water partition coefficient (Wildman–Crippen LogP) is 7.68. The Labute approximate surface area is 345 Å². The zero-order valence-corrected chi connectivity index (χ0v) is 32.9. The SMILES string of the molecule is O=C(C=Cc1ccc(F)cc1)OCCCCC(=O)OCC(COC(=O)CCCCOC(=O)C=Cc1ccc(F)cc1)OC(=O)CCCCOC(=O)C=Cc1ccc(F)cc1. The summed E-state index contributed by atoms with van der Waals surface area (Å²) in [4.78, 5) is 73.3. The van der Waals surface area contributed by atoms with E-state index < -0.39 is 72.6 Å². The topological polar surface area (TPSA) is 158 Å². The van der Waals surface area contributed by atoms with Gasteiger partial charge in [-0.05, 0) is 110 Å². The number of ether oxygens (including phenoxy) is 6. The molecular formula is C45H47F3O12. The van der Waals surface area contributed by atoms with Crippen molar-refractivity contribution in [3.05, 3.63) is 125 Å². The Balaban J connectivity index is 1.36. The van der Waals surface area contributed by atoms with Crippen molar-refractivity contribution in [2.24, 2.45) is 0 Å². The molecule has 0 aromatic heterocycles. The van der Waals surface area contributed by atoms with Gasteiger partial charge in [-0.3, -0.25) is 14.4 Å². The molecule has 0 atom stereocenters. The molecule has 12 nitrogen and oxygen atoms in total. The Morgan fingerprint density at radius 1 is 0.417 bits per heavy atom. The van der Waals surface area contributed by atoms with E-state index in [1.54, 1.807) is 0 Å². The van der Waals surface area contributed by atoms with Gasteiger partial charge in [0.2, 0.25) is 0 Å². The zero-order valence-electron chi connectivity index (χ0n) is 32.9. The van der Waals surface area contributed by atoms with E-state index in [-0.39, 0.29) is 39.1 Å². The number of rotatable bonds is 26. The number of unbranched alkanes of at least 4 members (excludes halogenated alkanes) is 3. The number of benzene rings is 3. The van der Waals surface area contributed by atoms with Crippen molar-refractivity contribution in [1.29, 1.82) is 0 Å². The molecule has 3 aromatic rings. The van der Waals surface area contributed by atoms with E-state index in [9.17, 15) is 41.9 Å². The maximum atomic E-state index is 13.0. The summed E-state index contributed by atoms with van der Waals surface area (Å²) in [5.41, 5.74) is 1.85. The fourth-order valence-electron chi connectivity index (χ4n) is 4.87. The second-order valence-corrected chi connectivity index (χ2v) is 13.0. The summed E-state index contributed by atoms with van der Waals surface area (Å²) < 4.78 is 70.4. The highest BCUT2D eigenvalue weighted by Gasteiger charge is 2.20. The molecule has 0 bridgehead atoms. The van der Waals surface area contributed by atoms with Gasteiger partial charge in [-0.1, -0.05) is 36.4 Å². The summed E-state index contributed by atoms with van der Waals surface area (Å²) in [7, 11) is 0. The van der Waals surface area contributed by atoms with Crippen LogP contribution in [0.4, 0.5) is 13.2 Å². The van der Waals surface area contributed by atoms with Crippen LogP contribution in [-0.2, 0) is 57.2 Å². The Bertz CT molecular complexity index is 1810. The van der Waals surface area contributed by atoms with Crippen molar-refractivity contribution >= 4 is 54.0 Å². The maximum absolute atomic E-state index is 13.0. The molecule has 0 saturated carbocycles. The van der Waals surface area contributed by atoms with Gasteiger partial charge in [-0.15, -0.1) is 0 Å². The van der Waals surface area contributed by atoms with Crippen molar-refractivity contribution < 1.29 is 70.4 Å². The highest BCUT2D eigenvalue weighted by Crippen LogP contribution is 2.10. The van der Waals surface area contributed by atoms with Crippen LogP contribution in [0.2, 0.25) is 0 Å². The van der Waals surface area contributed by atoms with Crippen molar-refractivity contribution in [2.75, 3.05) is 33.0 Å². The van der Waals surface area contributed by atoms with Gasteiger partial charge >= 0.3 is 35.8 Å². The Kier molecular flexibility index (Phi) is 22.3. The Hall–Kier alpha value is -6.51. The average Bonchev–Trinajstić information content (AvgIpc) is 3.23. The van der Waals surface area contributed by atoms with Gasteiger partial charge in [0.25, 0.3) is 0 Å². The first-order valence-electron chi connectivity index (χ1n) is 19.3. The molecule has 0 aliphatic carbocycles. The third-order valence-electron chi connectivity index (χ3n) is 8.06.